The van der Waals surface area contributed by atoms with Crippen LogP contribution in [0.1, 0.15) is 33.3 Å². The van der Waals surface area contributed by atoms with Crippen molar-refractivity contribution in [3.63, 3.8) is 0 Å². The van der Waals surface area contributed by atoms with Crippen LogP contribution in [0.25, 0.3) is 0 Å². The number of hydrogen-bond donors (Lipinski definition) is 0. The molecular formula is C15H20N2O2. The van der Waals surface area contributed by atoms with Crippen LogP contribution in [0.4, 0.5) is 4.79 Å². The van der Waals surface area contributed by atoms with Gasteiger partial charge in [0.15, 0.2) is 0 Å². The number of carbonyl (C=O) groups excluding carboxylic acids is 2. The lowest BCUT2D eigenvalue weighted by Gasteiger charge is -2.29. The minimum absolute atomic E-state index is 0.117. The quantitative estimate of drug-likeness (QED) is 0.767. The topological polar surface area (TPSA) is 40.6 Å². The molecule has 102 valence electrons. The predicted molar refractivity (Wildman–Crippen MR) is 73.4 cm³/mol. The minimum Gasteiger partial charge on any atom is -0.308 e. The van der Waals surface area contributed by atoms with Crippen LogP contribution in [0, 0.1) is 0 Å². The largest absolute Gasteiger partial charge is 0.328 e. The van der Waals surface area contributed by atoms with E-state index in [1.165, 1.54) is 4.90 Å². The van der Waals surface area contributed by atoms with E-state index < -0.39 is 11.6 Å². The summed E-state index contributed by atoms with van der Waals surface area (Å²) < 4.78 is 0. The summed E-state index contributed by atoms with van der Waals surface area (Å²) in [7, 11) is 0. The molecule has 2 rings (SSSR count). The average molecular weight is 260 g/mol. The van der Waals surface area contributed by atoms with Crippen LogP contribution in [0.15, 0.2) is 30.3 Å². The summed E-state index contributed by atoms with van der Waals surface area (Å²) in [6, 6.07) is 9.13. The predicted octanol–water partition coefficient (Wildman–Crippen LogP) is 2.64. The van der Waals surface area contributed by atoms with Gasteiger partial charge in [0.05, 0.1) is 0 Å². The van der Waals surface area contributed by atoms with Gasteiger partial charge in [0, 0.05) is 12.1 Å². The number of urea groups is 1. The van der Waals surface area contributed by atoms with E-state index in [4.69, 9.17) is 0 Å². The van der Waals surface area contributed by atoms with E-state index in [2.05, 4.69) is 0 Å². The minimum atomic E-state index is -0.478. The van der Waals surface area contributed by atoms with Crippen molar-refractivity contribution in [1.29, 1.82) is 0 Å². The number of nitrogens with zero attached hydrogens (tertiary/aromatic N) is 2. The number of amides is 3. The van der Waals surface area contributed by atoms with Crippen LogP contribution < -0.4 is 0 Å². The fourth-order valence-electron chi connectivity index (χ4n) is 2.31. The Hall–Kier alpha value is -1.84. The first-order valence-electron chi connectivity index (χ1n) is 6.51. The van der Waals surface area contributed by atoms with Gasteiger partial charge in [0.25, 0.3) is 5.91 Å². The molecule has 0 bridgehead atoms. The molecule has 1 unspecified atom stereocenters. The number of carbonyl (C=O) groups is 2. The molecule has 19 heavy (non-hydrogen) atoms. The summed E-state index contributed by atoms with van der Waals surface area (Å²) in [5.74, 6) is -0.117. The number of imide groups is 1. The second-order valence-electron chi connectivity index (χ2n) is 5.92. The molecule has 0 aliphatic carbocycles. The van der Waals surface area contributed by atoms with E-state index in [-0.39, 0.29) is 11.9 Å². The first-order valence-corrected chi connectivity index (χ1v) is 6.51. The Morgan fingerprint density at radius 3 is 2.16 bits per heavy atom. The highest BCUT2D eigenvalue weighted by Gasteiger charge is 2.47. The van der Waals surface area contributed by atoms with Crippen molar-refractivity contribution in [2.45, 2.75) is 45.8 Å². The second kappa shape index (κ2) is 4.68. The number of hydrogen-bond acceptors (Lipinski definition) is 2. The summed E-state index contributed by atoms with van der Waals surface area (Å²) in [6.45, 7) is 7.89. The normalized spacial score (nSPS) is 20.3. The van der Waals surface area contributed by atoms with E-state index in [0.29, 0.717) is 6.54 Å². The summed E-state index contributed by atoms with van der Waals surface area (Å²) in [4.78, 5) is 27.6. The highest BCUT2D eigenvalue weighted by Crippen LogP contribution is 2.27. The van der Waals surface area contributed by atoms with Crippen molar-refractivity contribution < 1.29 is 9.59 Å². The molecule has 1 heterocycles. The zero-order valence-corrected chi connectivity index (χ0v) is 11.9. The van der Waals surface area contributed by atoms with Crippen LogP contribution in [0.3, 0.4) is 0 Å². The standard InChI is InChI=1S/C15H20N2O2/c1-11-13(18)17(15(2,3)4)14(19)16(11)10-12-8-6-5-7-9-12/h5-9,11H,10H2,1-4H3. The van der Waals surface area contributed by atoms with Gasteiger partial charge < -0.3 is 4.90 Å². The third kappa shape index (κ3) is 2.48. The zero-order chi connectivity index (χ0) is 14.2. The van der Waals surface area contributed by atoms with Crippen molar-refractivity contribution in [2.24, 2.45) is 0 Å². The smallest absolute Gasteiger partial charge is 0.308 e. The zero-order valence-electron chi connectivity index (χ0n) is 11.9. The maximum Gasteiger partial charge on any atom is 0.328 e. The molecule has 0 spiro atoms. The van der Waals surface area contributed by atoms with Gasteiger partial charge in [-0.3, -0.25) is 9.69 Å². The lowest BCUT2D eigenvalue weighted by Crippen LogP contribution is -2.46. The van der Waals surface area contributed by atoms with Gasteiger partial charge in [-0.25, -0.2) is 4.79 Å². The second-order valence-corrected chi connectivity index (χ2v) is 5.92. The van der Waals surface area contributed by atoms with Gasteiger partial charge in [-0.05, 0) is 33.3 Å². The van der Waals surface area contributed by atoms with Crippen molar-refractivity contribution in [1.82, 2.24) is 9.80 Å². The maximum absolute atomic E-state index is 12.4. The van der Waals surface area contributed by atoms with Crippen LogP contribution in [-0.4, -0.2) is 33.3 Å². The van der Waals surface area contributed by atoms with Crippen molar-refractivity contribution in [3.05, 3.63) is 35.9 Å². The Kier molecular flexibility index (Phi) is 3.35. The van der Waals surface area contributed by atoms with Gasteiger partial charge in [-0.1, -0.05) is 30.3 Å². The Morgan fingerprint density at radius 1 is 1.11 bits per heavy atom. The Bertz CT molecular complexity index is 491. The van der Waals surface area contributed by atoms with Crippen molar-refractivity contribution in [3.8, 4) is 0 Å². The first-order chi connectivity index (χ1) is 8.82. The van der Waals surface area contributed by atoms with Crippen LogP contribution in [-0.2, 0) is 11.3 Å². The third-order valence-electron chi connectivity index (χ3n) is 3.35. The number of benzene rings is 1. The molecule has 0 saturated carbocycles. The van der Waals surface area contributed by atoms with E-state index >= 15 is 0 Å². The molecule has 1 atom stereocenters. The Balaban J connectivity index is 2.24. The molecule has 1 aliphatic heterocycles. The molecule has 0 N–H and O–H groups in total. The molecule has 1 fully saturated rings. The molecular weight excluding hydrogens is 240 g/mol. The van der Waals surface area contributed by atoms with E-state index in [1.807, 2.05) is 51.1 Å². The van der Waals surface area contributed by atoms with Gasteiger partial charge in [-0.2, -0.15) is 0 Å². The molecule has 0 aromatic heterocycles. The molecule has 1 aromatic carbocycles. The van der Waals surface area contributed by atoms with E-state index in [1.54, 1.807) is 11.8 Å². The highest BCUT2D eigenvalue weighted by molar-refractivity contribution is 6.04. The van der Waals surface area contributed by atoms with Crippen LogP contribution >= 0.6 is 0 Å². The lowest BCUT2D eigenvalue weighted by atomic mass is 10.1. The molecule has 4 heteroatoms. The first kappa shape index (κ1) is 13.6. The summed E-state index contributed by atoms with van der Waals surface area (Å²) >= 11 is 0. The van der Waals surface area contributed by atoms with Crippen molar-refractivity contribution >= 4 is 11.9 Å². The van der Waals surface area contributed by atoms with E-state index in [0.717, 1.165) is 5.56 Å². The molecule has 4 nitrogen and oxygen atoms in total. The van der Waals surface area contributed by atoms with Crippen LogP contribution in [0.2, 0.25) is 0 Å². The average Bonchev–Trinajstić information content (AvgIpc) is 2.54. The molecule has 1 aliphatic rings. The fraction of sp³-hybridized carbons (Fsp3) is 0.467. The molecule has 1 aromatic rings. The fourth-order valence-corrected chi connectivity index (χ4v) is 2.31. The van der Waals surface area contributed by atoms with Gasteiger partial charge >= 0.3 is 6.03 Å². The molecule has 3 amide bonds. The van der Waals surface area contributed by atoms with Gasteiger partial charge in [0.1, 0.15) is 6.04 Å². The molecule has 0 radical (unpaired) electrons. The van der Waals surface area contributed by atoms with Gasteiger partial charge in [-0.15, -0.1) is 0 Å². The maximum atomic E-state index is 12.4. The monoisotopic (exact) mass is 260 g/mol. The number of rotatable bonds is 2. The molecule has 1 saturated heterocycles. The summed E-state index contributed by atoms with van der Waals surface area (Å²) in [5, 5.41) is 0. The summed E-state index contributed by atoms with van der Waals surface area (Å²) in [6.07, 6.45) is 0. The van der Waals surface area contributed by atoms with Crippen molar-refractivity contribution in [2.75, 3.05) is 0 Å². The lowest BCUT2D eigenvalue weighted by molar-refractivity contribution is -0.130. The Labute approximate surface area is 114 Å². The third-order valence-corrected chi connectivity index (χ3v) is 3.35. The van der Waals surface area contributed by atoms with Crippen LogP contribution in [0.5, 0.6) is 0 Å². The highest BCUT2D eigenvalue weighted by atomic mass is 16.2. The Morgan fingerprint density at radius 2 is 1.68 bits per heavy atom. The summed E-state index contributed by atoms with van der Waals surface area (Å²) in [5.41, 5.74) is 0.555. The van der Waals surface area contributed by atoms with E-state index in [9.17, 15) is 9.59 Å². The van der Waals surface area contributed by atoms with Gasteiger partial charge in [0.2, 0.25) is 0 Å². The SMILES string of the molecule is CC1C(=O)N(C(C)(C)C)C(=O)N1Cc1ccccc1.